The second kappa shape index (κ2) is 11.0. The molecule has 0 radical (unpaired) electrons. The lowest BCUT2D eigenvalue weighted by atomic mass is 9.92. The van der Waals surface area contributed by atoms with E-state index in [-0.39, 0.29) is 5.54 Å². The van der Waals surface area contributed by atoms with Crippen LogP contribution in [0.15, 0.2) is 79.2 Å². The Labute approximate surface area is 208 Å². The lowest BCUT2D eigenvalue weighted by Crippen LogP contribution is -2.43. The zero-order valence-electron chi connectivity index (χ0n) is 21.0. The molecule has 0 aromatic heterocycles. The molecule has 0 fully saturated rings. The van der Waals surface area contributed by atoms with E-state index in [0.717, 1.165) is 17.7 Å². The fraction of sp³-hybridized carbons (Fsp3) is 0.333. The summed E-state index contributed by atoms with van der Waals surface area (Å²) in [6.07, 6.45) is 3.41. The molecule has 0 bridgehead atoms. The zero-order chi connectivity index (χ0) is 24.8. The fourth-order valence-electron chi connectivity index (χ4n) is 4.24. The normalized spacial score (nSPS) is 13.7. The van der Waals surface area contributed by atoms with Gasteiger partial charge >= 0.3 is 0 Å². The van der Waals surface area contributed by atoms with E-state index in [1.54, 1.807) is 12.5 Å². The molecule has 3 aromatic rings. The highest BCUT2D eigenvalue weighted by atomic mass is 16.5. The van der Waals surface area contributed by atoms with Gasteiger partial charge in [-0.15, -0.1) is 0 Å². The quantitative estimate of drug-likeness (QED) is 0.323. The average Bonchev–Trinajstić information content (AvgIpc) is 2.86. The van der Waals surface area contributed by atoms with Gasteiger partial charge in [0.25, 0.3) is 0 Å². The molecule has 0 saturated heterocycles. The van der Waals surface area contributed by atoms with Gasteiger partial charge in [-0.05, 0) is 48.9 Å². The molecule has 35 heavy (non-hydrogen) atoms. The van der Waals surface area contributed by atoms with Gasteiger partial charge in [0.05, 0.1) is 11.8 Å². The third kappa shape index (κ3) is 6.65. The molecular formula is C30H36N2O3. The Hall–Kier alpha value is -3.28. The number of nitrogens with one attached hydrogen (secondary N) is 2. The maximum absolute atomic E-state index is 11.2. The highest BCUT2D eigenvalue weighted by Gasteiger charge is 2.24. The van der Waals surface area contributed by atoms with Gasteiger partial charge in [-0.3, -0.25) is 0 Å². The van der Waals surface area contributed by atoms with Crippen molar-refractivity contribution < 1.29 is 14.6 Å². The first kappa shape index (κ1) is 24.8. The number of hydrogen-bond donors (Lipinski definition) is 3. The van der Waals surface area contributed by atoms with Gasteiger partial charge in [0, 0.05) is 29.9 Å². The van der Waals surface area contributed by atoms with Gasteiger partial charge in [0.2, 0.25) is 0 Å². The summed E-state index contributed by atoms with van der Waals surface area (Å²) in [7, 11) is 0. The van der Waals surface area contributed by atoms with Crippen molar-refractivity contribution in [3.63, 3.8) is 0 Å². The lowest BCUT2D eigenvalue weighted by molar-refractivity contribution is 0.157. The monoisotopic (exact) mass is 472 g/mol. The van der Waals surface area contributed by atoms with Crippen LogP contribution in [0.3, 0.4) is 0 Å². The molecule has 3 N–H and O–H groups in total. The number of β-amino-alcohol motifs (C(OH)–C–C–N with tert-alkyl or cyclic N) is 1. The van der Waals surface area contributed by atoms with Crippen LogP contribution in [0.4, 0.5) is 5.69 Å². The highest BCUT2D eigenvalue weighted by Crippen LogP contribution is 2.39. The van der Waals surface area contributed by atoms with E-state index < -0.39 is 6.10 Å². The molecule has 1 aliphatic heterocycles. The molecule has 5 nitrogen and oxygen atoms in total. The number of anilines is 1. The van der Waals surface area contributed by atoms with Crippen molar-refractivity contribution in [1.29, 1.82) is 0 Å². The minimum absolute atomic E-state index is 0.194. The molecular weight excluding hydrogens is 436 g/mol. The molecule has 184 valence electrons. The van der Waals surface area contributed by atoms with E-state index in [9.17, 15) is 5.11 Å². The van der Waals surface area contributed by atoms with Gasteiger partial charge in [0.1, 0.15) is 18.6 Å². The van der Waals surface area contributed by atoms with Crippen LogP contribution in [-0.2, 0) is 13.0 Å². The largest absolute Gasteiger partial charge is 0.489 e. The van der Waals surface area contributed by atoms with Crippen molar-refractivity contribution >= 4 is 5.69 Å². The first-order valence-corrected chi connectivity index (χ1v) is 12.3. The topological polar surface area (TPSA) is 62.8 Å². The number of aliphatic hydroxyl groups excluding tert-OH is 1. The van der Waals surface area contributed by atoms with Crippen LogP contribution in [-0.4, -0.2) is 17.2 Å². The van der Waals surface area contributed by atoms with E-state index in [1.807, 2.05) is 42.5 Å². The SMILES string of the molecule is CC(C)c1ccc(CC(C)(C)NCC(O)c2cc(OCc3ccccc3)cc3c2OC=CN3)cc1. The number of benzene rings is 3. The van der Waals surface area contributed by atoms with Crippen LogP contribution in [0.2, 0.25) is 0 Å². The van der Waals surface area contributed by atoms with E-state index in [2.05, 4.69) is 62.6 Å². The van der Waals surface area contributed by atoms with Crippen LogP contribution in [0.5, 0.6) is 11.5 Å². The van der Waals surface area contributed by atoms with Gasteiger partial charge in [-0.25, -0.2) is 0 Å². The molecule has 5 heteroatoms. The van der Waals surface area contributed by atoms with Crippen LogP contribution < -0.4 is 20.1 Å². The first-order valence-electron chi connectivity index (χ1n) is 12.3. The zero-order valence-corrected chi connectivity index (χ0v) is 21.0. The Morgan fingerprint density at radius 2 is 1.74 bits per heavy atom. The summed E-state index contributed by atoms with van der Waals surface area (Å²) in [5, 5.41) is 17.9. The van der Waals surface area contributed by atoms with Crippen LogP contribution >= 0.6 is 0 Å². The highest BCUT2D eigenvalue weighted by molar-refractivity contribution is 5.66. The van der Waals surface area contributed by atoms with E-state index >= 15 is 0 Å². The fourth-order valence-corrected chi connectivity index (χ4v) is 4.24. The number of hydrogen-bond acceptors (Lipinski definition) is 5. The Kier molecular flexibility index (Phi) is 7.79. The average molecular weight is 473 g/mol. The lowest BCUT2D eigenvalue weighted by Gasteiger charge is -2.29. The van der Waals surface area contributed by atoms with Crippen molar-refractivity contribution in [1.82, 2.24) is 5.32 Å². The Morgan fingerprint density at radius 1 is 1.00 bits per heavy atom. The molecule has 1 heterocycles. The van der Waals surface area contributed by atoms with E-state index in [0.29, 0.717) is 36.1 Å². The number of ether oxygens (including phenoxy) is 2. The van der Waals surface area contributed by atoms with Crippen molar-refractivity contribution in [3.05, 3.63) is 101 Å². The van der Waals surface area contributed by atoms with Crippen LogP contribution in [0.1, 0.15) is 62.0 Å². The van der Waals surface area contributed by atoms with Crippen molar-refractivity contribution in [3.8, 4) is 11.5 Å². The summed E-state index contributed by atoms with van der Waals surface area (Å²) >= 11 is 0. The number of aliphatic hydroxyl groups is 1. The molecule has 1 aliphatic rings. The molecule has 1 unspecified atom stereocenters. The second-order valence-corrected chi connectivity index (χ2v) is 10.1. The Morgan fingerprint density at radius 3 is 2.46 bits per heavy atom. The molecule has 0 saturated carbocycles. The van der Waals surface area contributed by atoms with Gasteiger partial charge in [-0.1, -0.05) is 68.4 Å². The Bertz CT molecular complexity index is 1140. The first-order chi connectivity index (χ1) is 16.8. The van der Waals surface area contributed by atoms with Crippen LogP contribution in [0, 0.1) is 0 Å². The smallest absolute Gasteiger partial charge is 0.156 e. The predicted molar refractivity (Wildman–Crippen MR) is 142 cm³/mol. The van der Waals surface area contributed by atoms with E-state index in [1.165, 1.54) is 11.1 Å². The number of rotatable bonds is 10. The summed E-state index contributed by atoms with van der Waals surface area (Å²) in [6.45, 7) is 9.57. The molecule has 4 rings (SSSR count). The van der Waals surface area contributed by atoms with Crippen LogP contribution in [0.25, 0.3) is 0 Å². The third-order valence-corrected chi connectivity index (χ3v) is 6.26. The standard InChI is InChI=1S/C30H36N2O3/c1-21(2)24-12-10-22(11-13-24)18-30(3,4)32-19-28(33)26-16-25(17-27-29(26)34-15-14-31-27)35-20-23-8-6-5-7-9-23/h5-17,21,28,31-33H,18-20H2,1-4H3. The summed E-state index contributed by atoms with van der Waals surface area (Å²) in [4.78, 5) is 0. The summed E-state index contributed by atoms with van der Waals surface area (Å²) in [5.74, 6) is 1.82. The molecule has 3 aromatic carbocycles. The maximum Gasteiger partial charge on any atom is 0.156 e. The van der Waals surface area contributed by atoms with Gasteiger partial charge in [0.15, 0.2) is 5.75 Å². The van der Waals surface area contributed by atoms with Crippen molar-refractivity contribution in [2.24, 2.45) is 0 Å². The van der Waals surface area contributed by atoms with E-state index in [4.69, 9.17) is 9.47 Å². The molecule has 0 aliphatic carbocycles. The van der Waals surface area contributed by atoms with Crippen molar-refractivity contribution in [2.45, 2.75) is 58.3 Å². The summed E-state index contributed by atoms with van der Waals surface area (Å²) in [6, 6.07) is 22.6. The van der Waals surface area contributed by atoms with Gasteiger partial charge < -0.3 is 25.2 Å². The van der Waals surface area contributed by atoms with Gasteiger partial charge in [-0.2, -0.15) is 0 Å². The number of fused-ring (bicyclic) bond motifs is 1. The van der Waals surface area contributed by atoms with Crippen molar-refractivity contribution in [2.75, 3.05) is 11.9 Å². The second-order valence-electron chi connectivity index (χ2n) is 10.1. The molecule has 1 atom stereocenters. The molecule has 0 spiro atoms. The summed E-state index contributed by atoms with van der Waals surface area (Å²) in [5.41, 5.74) is 4.97. The maximum atomic E-state index is 11.2. The minimum Gasteiger partial charge on any atom is -0.489 e. The summed E-state index contributed by atoms with van der Waals surface area (Å²) < 4.78 is 11.8. The molecule has 0 amide bonds. The predicted octanol–water partition coefficient (Wildman–Crippen LogP) is 6.31. The Balaban J connectivity index is 1.44. The third-order valence-electron chi connectivity index (χ3n) is 6.26. The minimum atomic E-state index is -0.764.